The van der Waals surface area contributed by atoms with E-state index in [-0.39, 0.29) is 42.3 Å². The summed E-state index contributed by atoms with van der Waals surface area (Å²) in [4.78, 5) is 15.2. The van der Waals surface area contributed by atoms with Gasteiger partial charge in [-0.1, -0.05) is 0 Å². The van der Waals surface area contributed by atoms with Crippen molar-refractivity contribution in [2.24, 2.45) is 0 Å². The lowest BCUT2D eigenvalue weighted by molar-refractivity contribution is 0.0939. The van der Waals surface area contributed by atoms with Crippen molar-refractivity contribution in [3.63, 3.8) is 0 Å². The molecule has 96 valence electrons. The summed E-state index contributed by atoms with van der Waals surface area (Å²) in [5.74, 6) is -0.761. The van der Waals surface area contributed by atoms with Gasteiger partial charge in [0.15, 0.2) is 0 Å². The average Bonchev–Trinajstić information content (AvgIpc) is 2.70. The molecule has 1 unspecified atom stereocenters. The second-order valence-corrected chi connectivity index (χ2v) is 3.56. The second kappa shape index (κ2) is 7.42. The number of carbonyl (C=O) groups excluding carboxylic acids is 1. The van der Waals surface area contributed by atoms with Gasteiger partial charge in [0.2, 0.25) is 0 Å². The SMILES string of the molecule is Cl.Cl.O=C(NC1CCNC1)c1cncc(F)c1. The Morgan fingerprint density at radius 1 is 1.47 bits per heavy atom. The molecular weight excluding hydrogens is 268 g/mol. The molecule has 1 aliphatic rings. The van der Waals surface area contributed by atoms with Crippen LogP contribution >= 0.6 is 24.8 Å². The van der Waals surface area contributed by atoms with Crippen molar-refractivity contribution in [2.45, 2.75) is 12.5 Å². The first kappa shape index (κ1) is 16.1. The van der Waals surface area contributed by atoms with E-state index in [1.807, 2.05) is 0 Å². The van der Waals surface area contributed by atoms with E-state index in [1.165, 1.54) is 12.3 Å². The molecule has 1 amide bonds. The Hall–Kier alpha value is -0.910. The highest BCUT2D eigenvalue weighted by Crippen LogP contribution is 2.03. The van der Waals surface area contributed by atoms with Crippen LogP contribution in [0.2, 0.25) is 0 Å². The van der Waals surface area contributed by atoms with Crippen molar-refractivity contribution in [1.82, 2.24) is 15.6 Å². The van der Waals surface area contributed by atoms with Gasteiger partial charge in [-0.2, -0.15) is 0 Å². The lowest BCUT2D eigenvalue weighted by atomic mass is 10.2. The Morgan fingerprint density at radius 3 is 2.82 bits per heavy atom. The van der Waals surface area contributed by atoms with Crippen LogP contribution in [0, 0.1) is 5.82 Å². The molecule has 2 rings (SSSR count). The highest BCUT2D eigenvalue weighted by molar-refractivity contribution is 5.94. The van der Waals surface area contributed by atoms with Gasteiger partial charge in [-0.25, -0.2) is 4.39 Å². The third-order valence-corrected chi connectivity index (χ3v) is 2.36. The van der Waals surface area contributed by atoms with Gasteiger partial charge in [-0.05, 0) is 19.0 Å². The van der Waals surface area contributed by atoms with Gasteiger partial charge >= 0.3 is 0 Å². The van der Waals surface area contributed by atoms with E-state index < -0.39 is 5.82 Å². The first-order chi connectivity index (χ1) is 7.25. The predicted molar refractivity (Wildman–Crippen MR) is 67.4 cm³/mol. The third-order valence-electron chi connectivity index (χ3n) is 2.36. The molecule has 0 radical (unpaired) electrons. The molecule has 17 heavy (non-hydrogen) atoms. The third kappa shape index (κ3) is 4.46. The molecule has 1 aromatic heterocycles. The van der Waals surface area contributed by atoms with E-state index in [2.05, 4.69) is 15.6 Å². The topological polar surface area (TPSA) is 54.0 Å². The lowest BCUT2D eigenvalue weighted by Crippen LogP contribution is -2.36. The zero-order valence-electron chi connectivity index (χ0n) is 8.98. The van der Waals surface area contributed by atoms with Gasteiger partial charge in [-0.15, -0.1) is 24.8 Å². The number of rotatable bonds is 2. The number of aromatic nitrogens is 1. The van der Waals surface area contributed by atoms with Gasteiger partial charge in [0.05, 0.1) is 11.8 Å². The molecule has 2 heterocycles. The summed E-state index contributed by atoms with van der Waals surface area (Å²) in [6.07, 6.45) is 3.35. The molecule has 0 spiro atoms. The number of hydrogen-bond donors (Lipinski definition) is 2. The van der Waals surface area contributed by atoms with Crippen molar-refractivity contribution >= 4 is 30.7 Å². The highest BCUT2D eigenvalue weighted by atomic mass is 35.5. The van der Waals surface area contributed by atoms with E-state index >= 15 is 0 Å². The van der Waals surface area contributed by atoms with Crippen LogP contribution in [0.25, 0.3) is 0 Å². The van der Waals surface area contributed by atoms with Gasteiger partial charge in [0, 0.05) is 18.8 Å². The number of carbonyl (C=O) groups is 1. The van der Waals surface area contributed by atoms with Crippen LogP contribution in [-0.2, 0) is 0 Å². The Balaban J connectivity index is 0.00000128. The molecule has 2 N–H and O–H groups in total. The number of amides is 1. The summed E-state index contributed by atoms with van der Waals surface area (Å²) >= 11 is 0. The summed E-state index contributed by atoms with van der Waals surface area (Å²) in [5, 5.41) is 5.95. The first-order valence-corrected chi connectivity index (χ1v) is 4.88. The molecule has 0 aliphatic carbocycles. The number of halogens is 3. The van der Waals surface area contributed by atoms with E-state index in [1.54, 1.807) is 0 Å². The molecule has 7 heteroatoms. The maximum atomic E-state index is 12.8. The van der Waals surface area contributed by atoms with E-state index in [0.29, 0.717) is 0 Å². The molecule has 1 aromatic rings. The van der Waals surface area contributed by atoms with Gasteiger partial charge < -0.3 is 10.6 Å². The highest BCUT2D eigenvalue weighted by Gasteiger charge is 2.17. The van der Waals surface area contributed by atoms with Crippen LogP contribution in [0.4, 0.5) is 4.39 Å². The lowest BCUT2D eigenvalue weighted by Gasteiger charge is -2.10. The summed E-state index contributed by atoms with van der Waals surface area (Å²) in [6, 6.07) is 1.32. The molecule has 0 bridgehead atoms. The second-order valence-electron chi connectivity index (χ2n) is 3.56. The van der Waals surface area contributed by atoms with E-state index in [9.17, 15) is 9.18 Å². The van der Waals surface area contributed by atoms with Crippen LogP contribution in [0.3, 0.4) is 0 Å². The van der Waals surface area contributed by atoms with Crippen LogP contribution < -0.4 is 10.6 Å². The molecular formula is C10H14Cl2FN3O. The minimum atomic E-state index is -0.493. The van der Waals surface area contributed by atoms with E-state index in [0.717, 1.165) is 25.7 Å². The molecule has 0 saturated carbocycles. The van der Waals surface area contributed by atoms with Crippen LogP contribution in [0.15, 0.2) is 18.5 Å². The first-order valence-electron chi connectivity index (χ1n) is 4.88. The predicted octanol–water partition coefficient (Wildman–Crippen LogP) is 1.16. The summed E-state index contributed by atoms with van der Waals surface area (Å²) in [7, 11) is 0. The number of pyridine rings is 1. The average molecular weight is 282 g/mol. The van der Waals surface area contributed by atoms with Crippen molar-refractivity contribution in [2.75, 3.05) is 13.1 Å². The minimum absolute atomic E-state index is 0. The molecule has 4 nitrogen and oxygen atoms in total. The normalized spacial score (nSPS) is 17.8. The smallest absolute Gasteiger partial charge is 0.253 e. The Labute approximate surface area is 111 Å². The molecule has 1 fully saturated rings. The number of nitrogens with one attached hydrogen (secondary N) is 2. The largest absolute Gasteiger partial charge is 0.348 e. The standard InChI is InChI=1S/C10H12FN3O.2ClH/c11-8-3-7(4-13-5-8)10(15)14-9-1-2-12-6-9;;/h3-5,9,12H,1-2,6H2,(H,14,15);2*1H. The summed E-state index contributed by atoms with van der Waals surface area (Å²) in [6.45, 7) is 1.68. The fraction of sp³-hybridized carbons (Fsp3) is 0.400. The summed E-state index contributed by atoms with van der Waals surface area (Å²) < 4.78 is 12.8. The monoisotopic (exact) mass is 281 g/mol. The fourth-order valence-electron chi connectivity index (χ4n) is 1.58. The molecule has 0 aromatic carbocycles. The van der Waals surface area contributed by atoms with Crippen LogP contribution in [-0.4, -0.2) is 30.0 Å². The van der Waals surface area contributed by atoms with Crippen LogP contribution in [0.5, 0.6) is 0 Å². The molecule has 1 atom stereocenters. The zero-order chi connectivity index (χ0) is 10.7. The van der Waals surface area contributed by atoms with Crippen molar-refractivity contribution in [3.8, 4) is 0 Å². The molecule has 1 saturated heterocycles. The van der Waals surface area contributed by atoms with Gasteiger partial charge in [0.25, 0.3) is 5.91 Å². The molecule has 1 aliphatic heterocycles. The summed E-state index contributed by atoms with van der Waals surface area (Å²) in [5.41, 5.74) is 0.266. The van der Waals surface area contributed by atoms with Gasteiger partial charge in [-0.3, -0.25) is 9.78 Å². The Morgan fingerprint density at radius 2 is 2.24 bits per heavy atom. The Kier molecular flexibility index (Phi) is 7.03. The maximum absolute atomic E-state index is 12.8. The zero-order valence-corrected chi connectivity index (χ0v) is 10.6. The van der Waals surface area contributed by atoms with E-state index in [4.69, 9.17) is 0 Å². The van der Waals surface area contributed by atoms with Crippen molar-refractivity contribution < 1.29 is 9.18 Å². The Bertz CT molecular complexity index is 372. The quantitative estimate of drug-likeness (QED) is 0.855. The minimum Gasteiger partial charge on any atom is -0.348 e. The number of nitrogens with zero attached hydrogens (tertiary/aromatic N) is 1. The van der Waals surface area contributed by atoms with Crippen molar-refractivity contribution in [1.29, 1.82) is 0 Å². The van der Waals surface area contributed by atoms with Gasteiger partial charge in [0.1, 0.15) is 5.82 Å². The maximum Gasteiger partial charge on any atom is 0.253 e. The fourth-order valence-corrected chi connectivity index (χ4v) is 1.58. The number of hydrogen-bond acceptors (Lipinski definition) is 3. The van der Waals surface area contributed by atoms with Crippen LogP contribution in [0.1, 0.15) is 16.8 Å². The van der Waals surface area contributed by atoms with Crippen molar-refractivity contribution in [3.05, 3.63) is 29.8 Å².